The minimum atomic E-state index is 0.195. The van der Waals surface area contributed by atoms with Gasteiger partial charge in [-0.25, -0.2) is 0 Å². The topological polar surface area (TPSA) is 36.4 Å². The van der Waals surface area contributed by atoms with E-state index in [0.717, 1.165) is 54.5 Å². The van der Waals surface area contributed by atoms with Gasteiger partial charge < -0.3 is 9.80 Å². The van der Waals surface area contributed by atoms with Crippen LogP contribution in [0.25, 0.3) is 10.6 Å². The third kappa shape index (κ3) is 2.55. The van der Waals surface area contributed by atoms with Crippen molar-refractivity contribution < 1.29 is 4.79 Å². The molecule has 0 unspecified atom stereocenters. The molecule has 0 N–H and O–H groups in total. The maximum atomic E-state index is 12.9. The molecule has 4 nitrogen and oxygen atoms in total. The van der Waals surface area contributed by atoms with E-state index in [0.29, 0.717) is 6.04 Å². The Morgan fingerprint density at radius 1 is 1.09 bits per heavy atom. The van der Waals surface area contributed by atoms with Crippen molar-refractivity contribution in [2.75, 3.05) is 26.2 Å². The van der Waals surface area contributed by atoms with Crippen molar-refractivity contribution in [2.24, 2.45) is 0 Å². The molecular weight excluding hydrogens is 294 g/mol. The Hall–Kier alpha value is -1.72. The number of piperidine rings is 1. The first-order valence-electron chi connectivity index (χ1n) is 7.86. The van der Waals surface area contributed by atoms with Gasteiger partial charge in [0.25, 0.3) is 5.91 Å². The van der Waals surface area contributed by atoms with Crippen LogP contribution in [0.2, 0.25) is 0 Å². The molecule has 5 rings (SSSR count). The van der Waals surface area contributed by atoms with E-state index >= 15 is 0 Å². The van der Waals surface area contributed by atoms with Crippen LogP contribution in [0.3, 0.4) is 0 Å². The number of fused-ring (bicyclic) bond motifs is 4. The Balaban J connectivity index is 1.57. The summed E-state index contributed by atoms with van der Waals surface area (Å²) >= 11 is 1.55. The van der Waals surface area contributed by atoms with Gasteiger partial charge in [-0.1, -0.05) is 6.07 Å². The van der Waals surface area contributed by atoms with Crippen LogP contribution in [-0.2, 0) is 0 Å². The molecule has 2 bridgehead atoms. The predicted molar refractivity (Wildman–Crippen MR) is 88.0 cm³/mol. The third-order valence-electron chi connectivity index (χ3n) is 4.65. The van der Waals surface area contributed by atoms with Gasteiger partial charge in [0.05, 0.1) is 15.4 Å². The fourth-order valence-corrected chi connectivity index (χ4v) is 4.33. The molecule has 2 aromatic heterocycles. The van der Waals surface area contributed by atoms with E-state index < -0.39 is 0 Å². The highest BCUT2D eigenvalue weighted by molar-refractivity contribution is 7.17. The molecule has 0 radical (unpaired) electrons. The molecule has 22 heavy (non-hydrogen) atoms. The van der Waals surface area contributed by atoms with Crippen molar-refractivity contribution in [3.8, 4) is 10.6 Å². The van der Waals surface area contributed by atoms with Crippen molar-refractivity contribution >= 4 is 17.2 Å². The summed E-state index contributed by atoms with van der Waals surface area (Å²) in [5.74, 6) is 0.195. The molecule has 5 heteroatoms. The van der Waals surface area contributed by atoms with Gasteiger partial charge in [0.1, 0.15) is 0 Å². The number of rotatable bonds is 2. The van der Waals surface area contributed by atoms with Gasteiger partial charge in [0.15, 0.2) is 0 Å². The summed E-state index contributed by atoms with van der Waals surface area (Å²) in [6, 6.07) is 10.3. The number of hydrogen-bond donors (Lipinski definition) is 0. The van der Waals surface area contributed by atoms with Gasteiger partial charge >= 0.3 is 0 Å². The smallest absolute Gasteiger partial charge is 0.264 e. The number of hydrogen-bond acceptors (Lipinski definition) is 4. The molecule has 0 spiro atoms. The van der Waals surface area contributed by atoms with Crippen LogP contribution in [0.5, 0.6) is 0 Å². The van der Waals surface area contributed by atoms with Crippen molar-refractivity contribution in [2.45, 2.75) is 18.9 Å². The fraction of sp³-hybridized carbons (Fsp3) is 0.412. The van der Waals surface area contributed by atoms with Gasteiger partial charge in [-0.15, -0.1) is 11.3 Å². The summed E-state index contributed by atoms with van der Waals surface area (Å²) in [5, 5.41) is 0. The van der Waals surface area contributed by atoms with Crippen LogP contribution >= 0.6 is 11.3 Å². The molecular formula is C17H19N3OS. The van der Waals surface area contributed by atoms with Crippen LogP contribution in [0.4, 0.5) is 0 Å². The normalized spacial score (nSPS) is 24.3. The van der Waals surface area contributed by atoms with Gasteiger partial charge in [-0.2, -0.15) is 0 Å². The zero-order chi connectivity index (χ0) is 14.9. The van der Waals surface area contributed by atoms with Gasteiger partial charge in [0.2, 0.25) is 0 Å². The van der Waals surface area contributed by atoms with E-state index in [2.05, 4.69) is 14.8 Å². The quantitative estimate of drug-likeness (QED) is 0.855. The number of nitrogens with zero attached hydrogens (tertiary/aromatic N) is 3. The van der Waals surface area contributed by atoms with E-state index in [1.165, 1.54) is 0 Å². The molecule has 0 atom stereocenters. The molecule has 0 aromatic carbocycles. The van der Waals surface area contributed by atoms with Gasteiger partial charge in [-0.3, -0.25) is 9.78 Å². The van der Waals surface area contributed by atoms with E-state index in [1.54, 1.807) is 17.5 Å². The lowest BCUT2D eigenvalue weighted by Crippen LogP contribution is -2.41. The van der Waals surface area contributed by atoms with Gasteiger partial charge in [-0.05, 0) is 37.1 Å². The zero-order valence-electron chi connectivity index (χ0n) is 12.4. The Morgan fingerprint density at radius 2 is 1.95 bits per heavy atom. The number of thiophene rings is 1. The van der Waals surface area contributed by atoms with E-state index in [4.69, 9.17) is 0 Å². The maximum Gasteiger partial charge on any atom is 0.264 e. The van der Waals surface area contributed by atoms with Crippen molar-refractivity contribution in [1.82, 2.24) is 14.8 Å². The second-order valence-electron chi connectivity index (χ2n) is 5.95. The lowest BCUT2D eigenvalue weighted by Gasteiger charge is -2.31. The summed E-state index contributed by atoms with van der Waals surface area (Å²) in [6.07, 6.45) is 4.02. The van der Waals surface area contributed by atoms with Crippen LogP contribution in [-0.4, -0.2) is 52.9 Å². The van der Waals surface area contributed by atoms with E-state index in [9.17, 15) is 4.79 Å². The van der Waals surface area contributed by atoms with Crippen LogP contribution in [0, 0.1) is 0 Å². The molecule has 1 amide bonds. The highest BCUT2D eigenvalue weighted by atomic mass is 32.1. The first-order chi connectivity index (χ1) is 10.8. The molecule has 3 aliphatic rings. The van der Waals surface area contributed by atoms with Gasteiger partial charge in [0, 0.05) is 38.4 Å². The Kier molecular flexibility index (Phi) is 3.68. The second kappa shape index (κ2) is 5.82. The summed E-state index contributed by atoms with van der Waals surface area (Å²) in [5.41, 5.74) is 0.939. The molecule has 2 aromatic rings. The number of amides is 1. The number of pyridine rings is 1. The van der Waals surface area contributed by atoms with Crippen LogP contribution < -0.4 is 0 Å². The summed E-state index contributed by atoms with van der Waals surface area (Å²) in [4.78, 5) is 23.7. The molecule has 3 fully saturated rings. The molecule has 0 saturated carbocycles. The van der Waals surface area contributed by atoms with Crippen molar-refractivity contribution in [3.05, 3.63) is 41.4 Å². The summed E-state index contributed by atoms with van der Waals surface area (Å²) < 4.78 is 0. The zero-order valence-corrected chi connectivity index (χ0v) is 13.3. The minimum Gasteiger partial charge on any atom is -0.334 e. The monoisotopic (exact) mass is 313 g/mol. The Labute approximate surface area is 134 Å². The standard InChI is InChI=1S/C17H19N3OS/c21-17(20-12-11-19-9-6-13(20)7-10-19)16-5-4-15(22-16)14-3-1-2-8-18-14/h1-5,8,13H,6-7,9-12H2. The predicted octanol–water partition coefficient (Wildman–Crippen LogP) is 2.73. The lowest BCUT2D eigenvalue weighted by atomic mass is 10.1. The van der Waals surface area contributed by atoms with E-state index in [1.807, 2.05) is 30.3 Å². The molecule has 5 heterocycles. The summed E-state index contributed by atoms with van der Waals surface area (Å²) in [6.45, 7) is 4.15. The molecule has 3 aliphatic heterocycles. The van der Waals surface area contributed by atoms with Crippen LogP contribution in [0.1, 0.15) is 22.5 Å². The average Bonchev–Trinajstić information content (AvgIpc) is 2.88. The largest absolute Gasteiger partial charge is 0.334 e. The highest BCUT2D eigenvalue weighted by Crippen LogP contribution is 2.29. The summed E-state index contributed by atoms with van der Waals surface area (Å²) in [7, 11) is 0. The number of aromatic nitrogens is 1. The molecule has 0 aliphatic carbocycles. The number of carbonyl (C=O) groups is 1. The average molecular weight is 313 g/mol. The maximum absolute atomic E-state index is 12.9. The van der Waals surface area contributed by atoms with Crippen LogP contribution in [0.15, 0.2) is 36.5 Å². The Morgan fingerprint density at radius 3 is 2.73 bits per heavy atom. The first-order valence-corrected chi connectivity index (χ1v) is 8.67. The first kappa shape index (κ1) is 13.9. The van der Waals surface area contributed by atoms with Crippen molar-refractivity contribution in [3.63, 3.8) is 0 Å². The number of carbonyl (C=O) groups excluding carboxylic acids is 1. The highest BCUT2D eigenvalue weighted by Gasteiger charge is 2.32. The Bertz CT molecular complexity index is 662. The fourth-order valence-electron chi connectivity index (χ4n) is 3.39. The second-order valence-corrected chi connectivity index (χ2v) is 7.03. The minimum absolute atomic E-state index is 0.195. The lowest BCUT2D eigenvalue weighted by molar-refractivity contribution is 0.0690. The molecule has 3 saturated heterocycles. The van der Waals surface area contributed by atoms with E-state index in [-0.39, 0.29) is 5.91 Å². The molecule has 114 valence electrons. The SMILES string of the molecule is O=C(c1ccc(-c2ccccn2)s1)N1CCN2CCC1CC2. The van der Waals surface area contributed by atoms with Crippen molar-refractivity contribution in [1.29, 1.82) is 0 Å². The third-order valence-corrected chi connectivity index (χ3v) is 5.75.